The third-order valence-electron chi connectivity index (χ3n) is 4.73. The maximum Gasteiger partial charge on any atom is 0.396 e. The molecule has 2 amide bonds. The summed E-state index contributed by atoms with van der Waals surface area (Å²) < 4.78 is 58.0. The predicted octanol–water partition coefficient (Wildman–Crippen LogP) is 4.24. The number of benzene rings is 1. The van der Waals surface area contributed by atoms with Gasteiger partial charge in [-0.05, 0) is 31.2 Å². The van der Waals surface area contributed by atoms with Crippen LogP contribution in [0.5, 0.6) is 0 Å². The Morgan fingerprint density at radius 2 is 2.03 bits per heavy atom. The van der Waals surface area contributed by atoms with Gasteiger partial charge in [-0.1, -0.05) is 6.58 Å². The summed E-state index contributed by atoms with van der Waals surface area (Å²) in [7, 11) is 2.91. The molecule has 0 aliphatic carbocycles. The fraction of sp³-hybridized carbons (Fsp3) is 0.273. The first kappa shape index (κ1) is 25.5. The van der Waals surface area contributed by atoms with Gasteiger partial charge in [0.05, 0.1) is 40.6 Å². The van der Waals surface area contributed by atoms with Gasteiger partial charge in [-0.2, -0.15) is 18.4 Å². The normalized spacial score (nSPS) is 12.4. The highest BCUT2D eigenvalue weighted by Crippen LogP contribution is 2.26. The van der Waals surface area contributed by atoms with Gasteiger partial charge in [0, 0.05) is 26.1 Å². The van der Waals surface area contributed by atoms with E-state index >= 15 is 0 Å². The smallest absolute Gasteiger partial charge is 0.378 e. The number of aliphatic imine (C=N–C) groups is 1. The van der Waals surface area contributed by atoms with Crippen LogP contribution < -0.4 is 5.32 Å². The molecule has 2 aromatic rings. The van der Waals surface area contributed by atoms with Gasteiger partial charge < -0.3 is 14.6 Å². The first-order chi connectivity index (χ1) is 15.4. The molecule has 1 heterocycles. The second-order valence-corrected chi connectivity index (χ2v) is 7.03. The zero-order chi connectivity index (χ0) is 24.9. The van der Waals surface area contributed by atoms with E-state index in [1.54, 1.807) is 6.07 Å². The van der Waals surface area contributed by atoms with E-state index in [1.165, 1.54) is 30.9 Å². The third-order valence-corrected chi connectivity index (χ3v) is 4.73. The number of amides is 2. The molecular weight excluding hydrogens is 444 g/mol. The Labute approximate surface area is 187 Å². The van der Waals surface area contributed by atoms with Gasteiger partial charge in [0.25, 0.3) is 11.8 Å². The van der Waals surface area contributed by atoms with Crippen LogP contribution in [-0.4, -0.2) is 35.9 Å². The number of nitriles is 1. The monoisotopic (exact) mass is 464 g/mol. The summed E-state index contributed by atoms with van der Waals surface area (Å²) in [6.07, 6.45) is -4.06. The SMILES string of the molecule is C=C(C(=O)/N=C/C(C)C(F)(F)F)c1cc(C(=O)Nc2ccc(F)c(C#N)c2)c(COC)n1C. The fourth-order valence-corrected chi connectivity index (χ4v) is 2.78. The number of carbonyl (C=O) groups is 2. The number of anilines is 1. The number of nitrogens with zero attached hydrogens (tertiary/aromatic N) is 3. The number of nitrogens with one attached hydrogen (secondary N) is 1. The molecule has 1 aromatic heterocycles. The summed E-state index contributed by atoms with van der Waals surface area (Å²) >= 11 is 0. The second-order valence-electron chi connectivity index (χ2n) is 7.03. The van der Waals surface area contributed by atoms with Crippen molar-refractivity contribution in [3.63, 3.8) is 0 Å². The molecule has 2 rings (SSSR count). The van der Waals surface area contributed by atoms with Crippen LogP contribution >= 0.6 is 0 Å². The summed E-state index contributed by atoms with van der Waals surface area (Å²) in [4.78, 5) is 28.5. The topological polar surface area (TPSA) is 96.5 Å². The standard InChI is InChI=1S/C22H20F4N4O3/c1-12(22(24,25)26)10-28-20(31)13(2)18-8-16(19(11-33-4)30(18)3)21(32)29-15-5-6-17(23)14(7-15)9-27/h5-8,10,12H,2,11H2,1,3-4H3,(H,29,32)/b28-10+. The zero-order valence-electron chi connectivity index (χ0n) is 18.0. The molecule has 1 atom stereocenters. The van der Waals surface area contributed by atoms with Crippen molar-refractivity contribution in [2.24, 2.45) is 18.0 Å². The Morgan fingerprint density at radius 3 is 2.61 bits per heavy atom. The van der Waals surface area contributed by atoms with E-state index in [1.807, 2.05) is 0 Å². The lowest BCUT2D eigenvalue weighted by atomic mass is 10.1. The van der Waals surface area contributed by atoms with Crippen molar-refractivity contribution in [1.29, 1.82) is 5.26 Å². The van der Waals surface area contributed by atoms with Crippen molar-refractivity contribution in [2.45, 2.75) is 19.7 Å². The minimum atomic E-state index is -4.54. The molecule has 0 aliphatic rings. The van der Waals surface area contributed by atoms with Crippen molar-refractivity contribution in [3.05, 3.63) is 59.2 Å². The molecular formula is C22H20F4N4O3. The number of carbonyl (C=O) groups excluding carboxylic acids is 2. The van der Waals surface area contributed by atoms with Crippen molar-refractivity contribution < 1.29 is 31.9 Å². The summed E-state index contributed by atoms with van der Waals surface area (Å²) in [6.45, 7) is 4.42. The number of alkyl halides is 3. The molecule has 1 unspecified atom stereocenters. The third kappa shape index (κ3) is 5.93. The van der Waals surface area contributed by atoms with Crippen molar-refractivity contribution >= 4 is 29.3 Å². The lowest BCUT2D eigenvalue weighted by molar-refractivity contribution is -0.149. The van der Waals surface area contributed by atoms with Crippen LogP contribution in [0.4, 0.5) is 23.2 Å². The van der Waals surface area contributed by atoms with Crippen LogP contribution in [0.25, 0.3) is 5.57 Å². The highest BCUT2D eigenvalue weighted by atomic mass is 19.4. The fourth-order valence-electron chi connectivity index (χ4n) is 2.78. The molecule has 0 bridgehead atoms. The number of hydrogen-bond acceptors (Lipinski definition) is 4. The van der Waals surface area contributed by atoms with Crippen LogP contribution in [0.2, 0.25) is 0 Å². The maximum absolute atomic E-state index is 13.5. The molecule has 0 aliphatic heterocycles. The zero-order valence-corrected chi connectivity index (χ0v) is 18.0. The van der Waals surface area contributed by atoms with E-state index in [2.05, 4.69) is 16.9 Å². The summed E-state index contributed by atoms with van der Waals surface area (Å²) in [5, 5.41) is 11.5. The molecule has 0 saturated heterocycles. The summed E-state index contributed by atoms with van der Waals surface area (Å²) in [6, 6.07) is 6.45. The molecule has 0 saturated carbocycles. The highest BCUT2D eigenvalue weighted by Gasteiger charge is 2.35. The average Bonchev–Trinajstić information content (AvgIpc) is 3.08. The number of aromatic nitrogens is 1. The minimum Gasteiger partial charge on any atom is -0.378 e. The first-order valence-corrected chi connectivity index (χ1v) is 9.43. The molecule has 0 spiro atoms. The van der Waals surface area contributed by atoms with E-state index in [0.29, 0.717) is 11.9 Å². The van der Waals surface area contributed by atoms with Crippen LogP contribution in [0.1, 0.15) is 34.2 Å². The summed E-state index contributed by atoms with van der Waals surface area (Å²) in [5.41, 5.74) is 0.239. The lowest BCUT2D eigenvalue weighted by Crippen LogP contribution is -2.21. The molecule has 0 radical (unpaired) electrons. The molecule has 33 heavy (non-hydrogen) atoms. The van der Waals surface area contributed by atoms with E-state index in [-0.39, 0.29) is 34.7 Å². The van der Waals surface area contributed by atoms with Gasteiger partial charge in [0.1, 0.15) is 11.9 Å². The Balaban J connectivity index is 2.35. The molecule has 1 aromatic carbocycles. The van der Waals surface area contributed by atoms with Crippen LogP contribution in [0.15, 0.2) is 35.8 Å². The second kappa shape index (κ2) is 10.2. The van der Waals surface area contributed by atoms with Gasteiger partial charge >= 0.3 is 6.18 Å². The molecule has 0 fully saturated rings. The van der Waals surface area contributed by atoms with Gasteiger partial charge in [-0.25, -0.2) is 9.38 Å². The van der Waals surface area contributed by atoms with Crippen LogP contribution in [0.3, 0.4) is 0 Å². The van der Waals surface area contributed by atoms with Gasteiger partial charge in [-0.15, -0.1) is 0 Å². The van der Waals surface area contributed by atoms with Crippen LogP contribution in [-0.2, 0) is 23.2 Å². The van der Waals surface area contributed by atoms with E-state index in [0.717, 1.165) is 19.1 Å². The number of ether oxygens (including phenoxy) is 1. The minimum absolute atomic E-state index is 0.0397. The Morgan fingerprint density at radius 1 is 1.36 bits per heavy atom. The van der Waals surface area contributed by atoms with Crippen LogP contribution in [0, 0.1) is 23.1 Å². The van der Waals surface area contributed by atoms with Crippen molar-refractivity contribution in [3.8, 4) is 6.07 Å². The maximum atomic E-state index is 13.5. The van der Waals surface area contributed by atoms with Gasteiger partial charge in [0.15, 0.2) is 0 Å². The Bertz CT molecular complexity index is 1160. The quantitative estimate of drug-likeness (QED) is 0.377. The van der Waals surface area contributed by atoms with Crippen molar-refractivity contribution in [1.82, 2.24) is 4.57 Å². The number of hydrogen-bond donors (Lipinski definition) is 1. The lowest BCUT2D eigenvalue weighted by Gasteiger charge is -2.10. The first-order valence-electron chi connectivity index (χ1n) is 9.43. The molecule has 1 N–H and O–H groups in total. The highest BCUT2D eigenvalue weighted by molar-refractivity contribution is 6.21. The number of halogens is 4. The number of methoxy groups -OCH3 is 1. The molecule has 7 nitrogen and oxygen atoms in total. The van der Waals surface area contributed by atoms with Gasteiger partial charge in [-0.3, -0.25) is 9.59 Å². The van der Waals surface area contributed by atoms with Crippen molar-refractivity contribution in [2.75, 3.05) is 12.4 Å². The number of rotatable bonds is 7. The summed E-state index contributed by atoms with van der Waals surface area (Å²) in [5.74, 6) is -4.32. The predicted molar refractivity (Wildman–Crippen MR) is 113 cm³/mol. The van der Waals surface area contributed by atoms with E-state index in [4.69, 9.17) is 10.00 Å². The largest absolute Gasteiger partial charge is 0.396 e. The average molecular weight is 464 g/mol. The Hall–Kier alpha value is -3.78. The van der Waals surface area contributed by atoms with E-state index < -0.39 is 29.7 Å². The molecule has 11 heteroatoms. The molecule has 174 valence electrons. The van der Waals surface area contributed by atoms with E-state index in [9.17, 15) is 27.2 Å². The Kier molecular flexibility index (Phi) is 7.90. The van der Waals surface area contributed by atoms with Gasteiger partial charge in [0.2, 0.25) is 0 Å².